The lowest BCUT2D eigenvalue weighted by Crippen LogP contribution is -2.15. The third kappa shape index (κ3) is 2.96. The fourth-order valence-electron chi connectivity index (χ4n) is 2.53. The number of hydrogen-bond donors (Lipinski definition) is 0. The van der Waals surface area contributed by atoms with Crippen LogP contribution in [0.25, 0.3) is 0 Å². The Bertz CT molecular complexity index is 709. The lowest BCUT2D eigenvalue weighted by Gasteiger charge is -2.16. The molecule has 0 aliphatic rings. The fourth-order valence-corrected chi connectivity index (χ4v) is 2.53. The molecule has 1 aromatic heterocycles. The molecule has 0 aliphatic carbocycles. The van der Waals surface area contributed by atoms with Gasteiger partial charge in [-0.15, -0.1) is 0 Å². The van der Waals surface area contributed by atoms with Crippen molar-refractivity contribution in [1.29, 1.82) is 0 Å². The van der Waals surface area contributed by atoms with Crippen LogP contribution >= 0.6 is 0 Å². The molecule has 0 spiro atoms. The van der Waals surface area contributed by atoms with Crippen LogP contribution in [0.1, 0.15) is 33.1 Å². The Hall–Kier alpha value is -2.74. The smallest absolute Gasteiger partial charge is 0.176 e. The van der Waals surface area contributed by atoms with Gasteiger partial charge in [-0.05, 0) is 24.6 Å². The molecule has 22 heavy (non-hydrogen) atoms. The van der Waals surface area contributed by atoms with Crippen LogP contribution in [0.3, 0.4) is 0 Å². The number of ketones is 1. The largest absolute Gasteiger partial charge is 0.293 e. The minimum Gasteiger partial charge on any atom is -0.293 e. The van der Waals surface area contributed by atoms with E-state index in [9.17, 15) is 4.79 Å². The molecule has 0 N–H and O–H groups in total. The Morgan fingerprint density at radius 3 is 2.18 bits per heavy atom. The van der Waals surface area contributed by atoms with Crippen molar-refractivity contribution in [2.75, 3.05) is 0 Å². The van der Waals surface area contributed by atoms with Crippen LogP contribution in [0.5, 0.6) is 0 Å². The highest BCUT2D eigenvalue weighted by Gasteiger charge is 2.24. The van der Waals surface area contributed by atoms with Gasteiger partial charge in [0.2, 0.25) is 0 Å². The van der Waals surface area contributed by atoms with Crippen LogP contribution < -0.4 is 0 Å². The number of hydrogen-bond acceptors (Lipinski definition) is 2. The maximum absolute atomic E-state index is 13.0. The van der Waals surface area contributed by atoms with E-state index in [4.69, 9.17) is 0 Å². The molecule has 0 saturated carbocycles. The van der Waals surface area contributed by atoms with Crippen LogP contribution in [0.15, 0.2) is 79.0 Å². The molecule has 0 saturated heterocycles. The number of carbonyl (C=O) groups excluding carboxylic acids is 1. The van der Waals surface area contributed by atoms with Gasteiger partial charge >= 0.3 is 0 Å². The zero-order chi connectivity index (χ0) is 15.4. The highest BCUT2D eigenvalue weighted by Crippen LogP contribution is 2.27. The Kier molecular flexibility index (Phi) is 4.10. The molecule has 3 rings (SSSR count). The van der Waals surface area contributed by atoms with Crippen molar-refractivity contribution in [3.05, 3.63) is 101 Å². The van der Waals surface area contributed by atoms with Gasteiger partial charge in [-0.2, -0.15) is 0 Å². The molecule has 0 amide bonds. The molecule has 1 atom stereocenters. The molecular weight excluding hydrogens is 270 g/mol. The monoisotopic (exact) mass is 287 g/mol. The maximum Gasteiger partial charge on any atom is 0.176 e. The first kappa shape index (κ1) is 14.2. The van der Waals surface area contributed by atoms with Gasteiger partial charge in [-0.1, -0.05) is 66.2 Å². The summed E-state index contributed by atoms with van der Waals surface area (Å²) in [4.78, 5) is 17.4. The zero-order valence-corrected chi connectivity index (χ0v) is 12.4. The molecule has 0 bridgehead atoms. The van der Waals surface area contributed by atoms with Crippen molar-refractivity contribution in [2.45, 2.75) is 12.8 Å². The van der Waals surface area contributed by atoms with E-state index in [1.807, 2.05) is 79.7 Å². The van der Waals surface area contributed by atoms with Gasteiger partial charge in [-0.25, -0.2) is 0 Å². The lowest BCUT2D eigenvalue weighted by atomic mass is 9.87. The second-order valence-corrected chi connectivity index (χ2v) is 5.33. The minimum absolute atomic E-state index is 0.0740. The predicted octanol–water partition coefficient (Wildman–Crippen LogP) is 4.40. The maximum atomic E-state index is 13.0. The molecule has 3 aromatic rings. The highest BCUT2D eigenvalue weighted by atomic mass is 16.1. The second kappa shape index (κ2) is 6.35. The van der Waals surface area contributed by atoms with Crippen molar-refractivity contribution < 1.29 is 4.79 Å². The summed E-state index contributed by atoms with van der Waals surface area (Å²) < 4.78 is 0. The number of Topliss-reactive ketones (excluding diaryl/α,β-unsaturated/α-hetero) is 1. The van der Waals surface area contributed by atoms with E-state index < -0.39 is 0 Å². The third-order valence-electron chi connectivity index (χ3n) is 3.71. The molecule has 0 radical (unpaired) electrons. The molecule has 0 fully saturated rings. The van der Waals surface area contributed by atoms with E-state index in [1.165, 1.54) is 0 Å². The summed E-state index contributed by atoms with van der Waals surface area (Å²) in [5.41, 5.74) is 3.60. The van der Waals surface area contributed by atoms with Gasteiger partial charge in [-0.3, -0.25) is 9.78 Å². The van der Waals surface area contributed by atoms with Crippen LogP contribution in [-0.4, -0.2) is 10.8 Å². The van der Waals surface area contributed by atoms with Gasteiger partial charge < -0.3 is 0 Å². The summed E-state index contributed by atoms with van der Waals surface area (Å²) in [6.07, 6.45) is 1.73. The van der Waals surface area contributed by atoms with Crippen molar-refractivity contribution in [3.8, 4) is 0 Å². The molecular formula is C20H17NO. The van der Waals surface area contributed by atoms with Gasteiger partial charge in [0.05, 0.1) is 11.6 Å². The van der Waals surface area contributed by atoms with E-state index in [0.717, 1.165) is 16.8 Å². The first-order valence-electron chi connectivity index (χ1n) is 7.32. The first-order chi connectivity index (χ1) is 10.8. The van der Waals surface area contributed by atoms with Gasteiger partial charge in [0.1, 0.15) is 0 Å². The molecule has 2 heteroatoms. The first-order valence-corrected chi connectivity index (χ1v) is 7.32. The van der Waals surface area contributed by atoms with Gasteiger partial charge in [0.15, 0.2) is 5.78 Å². The van der Waals surface area contributed by atoms with Crippen molar-refractivity contribution in [3.63, 3.8) is 0 Å². The number of carbonyl (C=O) groups is 1. The lowest BCUT2D eigenvalue weighted by molar-refractivity contribution is 0.0972. The van der Waals surface area contributed by atoms with Crippen LogP contribution in [-0.2, 0) is 0 Å². The molecule has 2 aromatic carbocycles. The predicted molar refractivity (Wildman–Crippen MR) is 88.0 cm³/mol. The Morgan fingerprint density at radius 1 is 0.864 bits per heavy atom. The second-order valence-electron chi connectivity index (χ2n) is 5.33. The van der Waals surface area contributed by atoms with Crippen LogP contribution in [0, 0.1) is 6.92 Å². The minimum atomic E-state index is -0.370. The van der Waals surface area contributed by atoms with E-state index >= 15 is 0 Å². The summed E-state index contributed by atoms with van der Waals surface area (Å²) in [5, 5.41) is 0. The Balaban J connectivity index is 2.06. The summed E-state index contributed by atoms with van der Waals surface area (Å²) >= 11 is 0. The summed E-state index contributed by atoms with van der Waals surface area (Å²) in [7, 11) is 0. The van der Waals surface area contributed by atoms with Gasteiger partial charge in [0.25, 0.3) is 0 Å². The third-order valence-corrected chi connectivity index (χ3v) is 3.71. The van der Waals surface area contributed by atoms with E-state index in [-0.39, 0.29) is 11.7 Å². The van der Waals surface area contributed by atoms with Crippen molar-refractivity contribution in [2.24, 2.45) is 0 Å². The van der Waals surface area contributed by atoms with E-state index in [1.54, 1.807) is 6.20 Å². The average Bonchev–Trinajstić information content (AvgIpc) is 2.57. The summed E-state index contributed by atoms with van der Waals surface area (Å²) in [6.45, 7) is 2.02. The Morgan fingerprint density at radius 2 is 1.55 bits per heavy atom. The SMILES string of the molecule is Cc1ccc(C(=O)[C@@H](c2ccccc2)c2ccccn2)cc1. The average molecular weight is 287 g/mol. The number of aromatic nitrogens is 1. The van der Waals surface area contributed by atoms with Crippen LogP contribution in [0.4, 0.5) is 0 Å². The molecule has 0 unspecified atom stereocenters. The quantitative estimate of drug-likeness (QED) is 0.665. The number of pyridine rings is 1. The summed E-state index contributed by atoms with van der Waals surface area (Å²) in [5.74, 6) is -0.296. The zero-order valence-electron chi connectivity index (χ0n) is 12.4. The number of rotatable bonds is 4. The highest BCUT2D eigenvalue weighted by molar-refractivity contribution is 6.02. The topological polar surface area (TPSA) is 30.0 Å². The Labute approximate surface area is 130 Å². The summed E-state index contributed by atoms with van der Waals surface area (Å²) in [6, 6.07) is 23.2. The number of aryl methyl sites for hydroxylation is 1. The molecule has 1 heterocycles. The molecule has 0 aliphatic heterocycles. The molecule has 108 valence electrons. The fraction of sp³-hybridized carbons (Fsp3) is 0.100. The van der Waals surface area contributed by atoms with Crippen molar-refractivity contribution >= 4 is 5.78 Å². The van der Waals surface area contributed by atoms with E-state index in [0.29, 0.717) is 5.56 Å². The van der Waals surface area contributed by atoms with Crippen LogP contribution in [0.2, 0.25) is 0 Å². The number of nitrogens with zero attached hydrogens (tertiary/aromatic N) is 1. The van der Waals surface area contributed by atoms with Gasteiger partial charge in [0, 0.05) is 11.8 Å². The standard InChI is InChI=1S/C20H17NO/c1-15-10-12-17(13-11-15)20(22)19(16-7-3-2-4-8-16)18-9-5-6-14-21-18/h2-14,19H,1H3/t19-/m0/s1. The number of benzene rings is 2. The van der Waals surface area contributed by atoms with E-state index in [2.05, 4.69) is 4.98 Å². The normalized spacial score (nSPS) is 11.9. The molecule has 2 nitrogen and oxygen atoms in total. The van der Waals surface area contributed by atoms with Crippen molar-refractivity contribution in [1.82, 2.24) is 4.98 Å².